The molecule has 0 spiro atoms. The molecule has 1 aliphatic carbocycles. The van der Waals surface area contributed by atoms with Gasteiger partial charge < -0.3 is 10.4 Å². The van der Waals surface area contributed by atoms with Crippen LogP contribution < -0.4 is 5.32 Å². The number of aliphatic hydroxyl groups excluding tert-OH is 1. The fraction of sp³-hybridized carbons (Fsp3) is 1.00. The molecule has 1 saturated heterocycles. The molecular formula is C17H35N3O. The molecule has 2 atom stereocenters. The van der Waals surface area contributed by atoms with E-state index in [1.165, 1.54) is 39.0 Å². The van der Waals surface area contributed by atoms with Crippen LogP contribution in [-0.2, 0) is 0 Å². The molecule has 2 aliphatic rings. The lowest BCUT2D eigenvalue weighted by atomic mass is 9.78. The van der Waals surface area contributed by atoms with Gasteiger partial charge in [-0.1, -0.05) is 6.92 Å². The van der Waals surface area contributed by atoms with Crippen LogP contribution in [0.3, 0.4) is 0 Å². The summed E-state index contributed by atoms with van der Waals surface area (Å²) in [6, 6.07) is 0.645. The second-order valence-electron chi connectivity index (χ2n) is 7.91. The molecule has 0 bridgehead atoms. The van der Waals surface area contributed by atoms with Gasteiger partial charge in [0.25, 0.3) is 0 Å². The van der Waals surface area contributed by atoms with E-state index in [9.17, 15) is 5.11 Å². The Balaban J connectivity index is 1.91. The van der Waals surface area contributed by atoms with E-state index in [2.05, 4.69) is 42.8 Å². The fourth-order valence-electron chi connectivity index (χ4n) is 4.14. The molecule has 4 heteroatoms. The molecule has 0 amide bonds. The van der Waals surface area contributed by atoms with E-state index in [0.29, 0.717) is 6.04 Å². The highest BCUT2D eigenvalue weighted by atomic mass is 16.3. The first-order valence-corrected chi connectivity index (χ1v) is 8.75. The van der Waals surface area contributed by atoms with Crippen molar-refractivity contribution >= 4 is 0 Å². The second-order valence-corrected chi connectivity index (χ2v) is 7.91. The first kappa shape index (κ1) is 17.2. The van der Waals surface area contributed by atoms with Gasteiger partial charge in [-0.25, -0.2) is 0 Å². The predicted molar refractivity (Wildman–Crippen MR) is 88.6 cm³/mol. The third kappa shape index (κ3) is 4.19. The van der Waals surface area contributed by atoms with Crippen molar-refractivity contribution in [3.05, 3.63) is 0 Å². The molecule has 0 aromatic heterocycles. The summed E-state index contributed by atoms with van der Waals surface area (Å²) in [6.07, 6.45) is 4.75. The fourth-order valence-corrected chi connectivity index (χ4v) is 4.14. The van der Waals surface area contributed by atoms with Gasteiger partial charge in [-0.05, 0) is 53.0 Å². The minimum absolute atomic E-state index is 0.0289. The predicted octanol–water partition coefficient (Wildman–Crippen LogP) is 1.69. The monoisotopic (exact) mass is 297 g/mol. The largest absolute Gasteiger partial charge is 0.394 e. The molecule has 21 heavy (non-hydrogen) atoms. The number of aliphatic hydroxyl groups is 1. The van der Waals surface area contributed by atoms with Gasteiger partial charge in [0.05, 0.1) is 6.61 Å². The molecule has 124 valence electrons. The number of likely N-dealkylation sites (N-methyl/N-ethyl adjacent to an activating group) is 1. The maximum atomic E-state index is 9.85. The minimum atomic E-state index is -0.0289. The van der Waals surface area contributed by atoms with E-state index in [4.69, 9.17) is 0 Å². The summed E-state index contributed by atoms with van der Waals surface area (Å²) >= 11 is 0. The summed E-state index contributed by atoms with van der Waals surface area (Å²) in [4.78, 5) is 5.26. The van der Waals surface area contributed by atoms with E-state index in [1.807, 2.05) is 0 Å². The third-order valence-electron chi connectivity index (χ3n) is 5.45. The Hall–Kier alpha value is -0.160. The van der Waals surface area contributed by atoms with Gasteiger partial charge in [0.1, 0.15) is 0 Å². The van der Waals surface area contributed by atoms with Gasteiger partial charge in [0.2, 0.25) is 0 Å². The lowest BCUT2D eigenvalue weighted by Crippen LogP contribution is -2.60. The van der Waals surface area contributed by atoms with Gasteiger partial charge in [0.15, 0.2) is 0 Å². The summed E-state index contributed by atoms with van der Waals surface area (Å²) < 4.78 is 0. The van der Waals surface area contributed by atoms with Gasteiger partial charge in [0, 0.05) is 43.3 Å². The Bertz CT molecular complexity index is 316. The van der Waals surface area contributed by atoms with Crippen LogP contribution in [0.25, 0.3) is 0 Å². The van der Waals surface area contributed by atoms with Crippen LogP contribution in [0.2, 0.25) is 0 Å². The van der Waals surface area contributed by atoms with Crippen LogP contribution in [0.15, 0.2) is 0 Å². The van der Waals surface area contributed by atoms with E-state index >= 15 is 0 Å². The number of hydrogen-bond donors (Lipinski definition) is 2. The molecule has 2 unspecified atom stereocenters. The Kier molecular flexibility index (Phi) is 5.69. The van der Waals surface area contributed by atoms with Crippen molar-refractivity contribution < 1.29 is 5.11 Å². The Morgan fingerprint density at radius 2 is 1.86 bits per heavy atom. The lowest BCUT2D eigenvalue weighted by Gasteiger charge is -2.48. The van der Waals surface area contributed by atoms with Crippen molar-refractivity contribution in [3.8, 4) is 0 Å². The van der Waals surface area contributed by atoms with E-state index in [0.717, 1.165) is 19.4 Å². The van der Waals surface area contributed by atoms with E-state index in [-0.39, 0.29) is 17.7 Å². The minimum Gasteiger partial charge on any atom is -0.394 e. The maximum absolute atomic E-state index is 9.85. The molecule has 0 radical (unpaired) electrons. The first-order valence-electron chi connectivity index (χ1n) is 8.75. The molecule has 2 N–H and O–H groups in total. The highest BCUT2D eigenvalue weighted by molar-refractivity contribution is 4.97. The molecule has 1 heterocycles. The molecule has 2 fully saturated rings. The zero-order valence-corrected chi connectivity index (χ0v) is 14.5. The maximum Gasteiger partial charge on any atom is 0.0613 e. The highest BCUT2D eigenvalue weighted by Crippen LogP contribution is 2.32. The standard InChI is InChI=1S/C17H35N3O/c1-5-18-17(14-21)8-6-7-15(13-17)19-9-11-20(12-10-19)16(2,3)4/h15,18,21H,5-14H2,1-4H3. The molecular weight excluding hydrogens is 262 g/mol. The van der Waals surface area contributed by atoms with Crippen LogP contribution in [-0.4, -0.2) is 71.4 Å². The Labute approximate surface area is 130 Å². The molecule has 2 rings (SSSR count). The van der Waals surface area contributed by atoms with Gasteiger partial charge in [-0.15, -0.1) is 0 Å². The summed E-state index contributed by atoms with van der Waals surface area (Å²) in [7, 11) is 0. The van der Waals surface area contributed by atoms with Crippen molar-refractivity contribution in [1.82, 2.24) is 15.1 Å². The third-order valence-corrected chi connectivity index (χ3v) is 5.45. The first-order chi connectivity index (χ1) is 9.90. The number of nitrogens with one attached hydrogen (secondary N) is 1. The van der Waals surface area contributed by atoms with Crippen molar-refractivity contribution in [3.63, 3.8) is 0 Å². The zero-order chi connectivity index (χ0) is 15.5. The van der Waals surface area contributed by atoms with E-state index < -0.39 is 0 Å². The quantitative estimate of drug-likeness (QED) is 0.828. The Morgan fingerprint density at radius 3 is 2.38 bits per heavy atom. The van der Waals surface area contributed by atoms with Crippen LogP contribution >= 0.6 is 0 Å². The molecule has 4 nitrogen and oxygen atoms in total. The van der Waals surface area contributed by atoms with Crippen LogP contribution in [0.5, 0.6) is 0 Å². The molecule has 1 saturated carbocycles. The Morgan fingerprint density at radius 1 is 1.19 bits per heavy atom. The summed E-state index contributed by atoms with van der Waals surface area (Å²) in [5.41, 5.74) is 0.260. The second kappa shape index (κ2) is 6.95. The average Bonchev–Trinajstić information content (AvgIpc) is 2.47. The lowest BCUT2D eigenvalue weighted by molar-refractivity contribution is 0.00964. The van der Waals surface area contributed by atoms with Gasteiger partial charge in [-0.2, -0.15) is 0 Å². The smallest absolute Gasteiger partial charge is 0.0613 e. The van der Waals surface area contributed by atoms with Crippen molar-refractivity contribution in [1.29, 1.82) is 0 Å². The molecule has 0 aromatic rings. The molecule has 0 aromatic carbocycles. The van der Waals surface area contributed by atoms with E-state index in [1.54, 1.807) is 0 Å². The highest BCUT2D eigenvalue weighted by Gasteiger charge is 2.38. The molecule has 1 aliphatic heterocycles. The number of nitrogens with zero attached hydrogens (tertiary/aromatic N) is 2. The van der Waals surface area contributed by atoms with Crippen LogP contribution in [0.4, 0.5) is 0 Å². The van der Waals surface area contributed by atoms with Gasteiger partial charge >= 0.3 is 0 Å². The summed E-state index contributed by atoms with van der Waals surface area (Å²) in [5, 5.41) is 13.4. The van der Waals surface area contributed by atoms with Crippen molar-refractivity contribution in [2.75, 3.05) is 39.3 Å². The summed E-state index contributed by atoms with van der Waals surface area (Å²) in [6.45, 7) is 15.0. The SMILES string of the molecule is CCNC1(CO)CCCC(N2CCN(C(C)(C)C)CC2)C1. The number of piperazine rings is 1. The van der Waals surface area contributed by atoms with Crippen molar-refractivity contribution in [2.24, 2.45) is 0 Å². The van der Waals surface area contributed by atoms with Crippen LogP contribution in [0, 0.1) is 0 Å². The summed E-state index contributed by atoms with van der Waals surface area (Å²) in [5.74, 6) is 0. The zero-order valence-electron chi connectivity index (χ0n) is 14.5. The van der Waals surface area contributed by atoms with Gasteiger partial charge in [-0.3, -0.25) is 9.80 Å². The van der Waals surface area contributed by atoms with Crippen molar-refractivity contribution in [2.45, 2.75) is 70.5 Å². The number of hydrogen-bond acceptors (Lipinski definition) is 4. The average molecular weight is 297 g/mol. The topological polar surface area (TPSA) is 38.7 Å². The number of rotatable bonds is 4. The van der Waals surface area contributed by atoms with Crippen LogP contribution in [0.1, 0.15) is 53.4 Å². The normalized spacial score (nSPS) is 33.3.